The summed E-state index contributed by atoms with van der Waals surface area (Å²) in [7, 11) is 3.32. The third kappa shape index (κ3) is 4.97. The summed E-state index contributed by atoms with van der Waals surface area (Å²) in [5, 5.41) is 3.17. The number of ether oxygens (including phenoxy) is 2. The first-order valence-corrected chi connectivity index (χ1v) is 10.4. The van der Waals surface area contributed by atoms with Crippen molar-refractivity contribution in [2.45, 2.75) is 51.6 Å². The van der Waals surface area contributed by atoms with Gasteiger partial charge in [-0.05, 0) is 69.5 Å². The molecule has 0 aliphatic carbocycles. The largest absolute Gasteiger partial charge is 0.493 e. The van der Waals surface area contributed by atoms with Crippen LogP contribution in [-0.4, -0.2) is 68.2 Å². The fourth-order valence-electron chi connectivity index (χ4n) is 4.26. The van der Waals surface area contributed by atoms with Gasteiger partial charge in [0, 0.05) is 25.2 Å². The lowest BCUT2D eigenvalue weighted by molar-refractivity contribution is -0.123. The van der Waals surface area contributed by atoms with Crippen LogP contribution in [0.2, 0.25) is 0 Å². The van der Waals surface area contributed by atoms with E-state index in [1.807, 2.05) is 6.07 Å². The van der Waals surface area contributed by atoms with Crippen molar-refractivity contribution in [3.63, 3.8) is 0 Å². The normalized spacial score (nSPS) is 18.4. The highest BCUT2D eigenvalue weighted by molar-refractivity contribution is 5.78. The van der Waals surface area contributed by atoms with E-state index < -0.39 is 0 Å². The fourth-order valence-corrected chi connectivity index (χ4v) is 4.26. The molecule has 0 spiro atoms. The van der Waals surface area contributed by atoms with Crippen LogP contribution in [0.5, 0.6) is 11.5 Å². The van der Waals surface area contributed by atoms with E-state index >= 15 is 0 Å². The third-order valence-electron chi connectivity index (χ3n) is 6.09. The summed E-state index contributed by atoms with van der Waals surface area (Å²) in [5.74, 6) is 1.62. The second-order valence-electron chi connectivity index (χ2n) is 8.57. The molecule has 2 aliphatic heterocycles. The molecular weight excluding hydrogens is 354 g/mol. The van der Waals surface area contributed by atoms with Crippen molar-refractivity contribution in [2.75, 3.05) is 46.9 Å². The van der Waals surface area contributed by atoms with Gasteiger partial charge in [0.1, 0.15) is 0 Å². The molecule has 6 heteroatoms. The molecule has 1 N–H and O–H groups in total. The predicted octanol–water partition coefficient (Wildman–Crippen LogP) is 2.44. The summed E-state index contributed by atoms with van der Waals surface area (Å²) < 4.78 is 10.8. The van der Waals surface area contributed by atoms with Gasteiger partial charge in [-0.3, -0.25) is 14.6 Å². The minimum Gasteiger partial charge on any atom is -0.493 e. The number of carbonyl (C=O) groups excluding carboxylic acids is 1. The van der Waals surface area contributed by atoms with E-state index in [9.17, 15) is 4.79 Å². The van der Waals surface area contributed by atoms with Gasteiger partial charge in [-0.25, -0.2) is 0 Å². The van der Waals surface area contributed by atoms with Gasteiger partial charge < -0.3 is 14.8 Å². The Labute approximate surface area is 169 Å². The van der Waals surface area contributed by atoms with Crippen molar-refractivity contribution in [1.82, 2.24) is 15.1 Å². The van der Waals surface area contributed by atoms with Gasteiger partial charge in [0.2, 0.25) is 5.91 Å². The maximum absolute atomic E-state index is 12.6. The molecule has 1 aromatic carbocycles. The summed E-state index contributed by atoms with van der Waals surface area (Å²) >= 11 is 0. The van der Waals surface area contributed by atoms with Crippen molar-refractivity contribution in [3.05, 3.63) is 23.3 Å². The number of methoxy groups -OCH3 is 2. The van der Waals surface area contributed by atoms with Crippen LogP contribution in [0.4, 0.5) is 0 Å². The quantitative estimate of drug-likeness (QED) is 0.776. The molecule has 1 amide bonds. The molecule has 3 rings (SSSR count). The Balaban J connectivity index is 1.53. The van der Waals surface area contributed by atoms with Gasteiger partial charge >= 0.3 is 0 Å². The Morgan fingerprint density at radius 2 is 1.68 bits per heavy atom. The highest BCUT2D eigenvalue weighted by Crippen LogP contribution is 2.33. The van der Waals surface area contributed by atoms with Crippen molar-refractivity contribution in [3.8, 4) is 11.5 Å². The topological polar surface area (TPSA) is 54.0 Å². The van der Waals surface area contributed by atoms with E-state index in [1.54, 1.807) is 14.2 Å². The number of likely N-dealkylation sites (tertiary alicyclic amines) is 1. The Morgan fingerprint density at radius 1 is 1.04 bits per heavy atom. The molecule has 2 aliphatic rings. The molecule has 28 heavy (non-hydrogen) atoms. The van der Waals surface area contributed by atoms with Crippen LogP contribution in [0.3, 0.4) is 0 Å². The lowest BCUT2D eigenvalue weighted by atomic mass is 9.98. The molecule has 0 aromatic heterocycles. The number of hydrogen-bond acceptors (Lipinski definition) is 5. The summed E-state index contributed by atoms with van der Waals surface area (Å²) in [4.78, 5) is 17.3. The minimum absolute atomic E-state index is 0.00843. The van der Waals surface area contributed by atoms with Crippen molar-refractivity contribution >= 4 is 5.91 Å². The summed E-state index contributed by atoms with van der Waals surface area (Å²) in [5.41, 5.74) is 2.50. The van der Waals surface area contributed by atoms with Crippen LogP contribution in [0.1, 0.15) is 44.2 Å². The first kappa shape index (κ1) is 20.9. The summed E-state index contributed by atoms with van der Waals surface area (Å²) in [6.07, 6.45) is 4.77. The molecule has 1 saturated heterocycles. The molecule has 6 nitrogen and oxygen atoms in total. The maximum atomic E-state index is 12.6. The Hall–Kier alpha value is -1.79. The highest BCUT2D eigenvalue weighted by Gasteiger charge is 2.28. The van der Waals surface area contributed by atoms with Crippen LogP contribution in [0.15, 0.2) is 12.1 Å². The number of hydrogen-bond donors (Lipinski definition) is 1. The smallest absolute Gasteiger partial charge is 0.234 e. The predicted molar refractivity (Wildman–Crippen MR) is 111 cm³/mol. The lowest BCUT2D eigenvalue weighted by Crippen LogP contribution is -2.54. The Morgan fingerprint density at radius 3 is 2.32 bits per heavy atom. The van der Waals surface area contributed by atoms with E-state index in [1.165, 1.54) is 30.4 Å². The molecule has 1 fully saturated rings. The van der Waals surface area contributed by atoms with Gasteiger partial charge in [-0.2, -0.15) is 0 Å². The zero-order valence-electron chi connectivity index (χ0n) is 17.8. The SMILES string of the molecule is COc1cc2c(cc1OC)CN(CC(=O)NCC(C)(C)N1CCCCC1)CC2. The van der Waals surface area contributed by atoms with Crippen LogP contribution in [0, 0.1) is 0 Å². The molecule has 0 atom stereocenters. The number of carbonyl (C=O) groups is 1. The second-order valence-corrected chi connectivity index (χ2v) is 8.57. The van der Waals surface area contributed by atoms with Crippen LogP contribution in [-0.2, 0) is 17.8 Å². The number of rotatable bonds is 7. The molecule has 2 heterocycles. The molecule has 0 radical (unpaired) electrons. The van der Waals surface area contributed by atoms with Crippen LogP contribution >= 0.6 is 0 Å². The van der Waals surface area contributed by atoms with E-state index in [0.717, 1.165) is 44.1 Å². The van der Waals surface area contributed by atoms with E-state index in [0.29, 0.717) is 13.1 Å². The molecular formula is C22H35N3O3. The number of benzene rings is 1. The summed E-state index contributed by atoms with van der Waals surface area (Å²) in [6.45, 7) is 9.51. The number of nitrogens with zero attached hydrogens (tertiary/aromatic N) is 2. The average Bonchev–Trinajstić information content (AvgIpc) is 2.72. The maximum Gasteiger partial charge on any atom is 0.234 e. The minimum atomic E-state index is 0.00843. The fraction of sp³-hybridized carbons (Fsp3) is 0.682. The van der Waals surface area contributed by atoms with E-state index in [2.05, 4.69) is 35.0 Å². The standard InChI is InChI=1S/C22H35N3O3/c1-22(2,25-9-6-5-7-10-25)16-23-21(26)15-24-11-8-17-12-19(27-3)20(28-4)13-18(17)14-24/h12-13H,5-11,14-16H2,1-4H3,(H,23,26). The van der Waals surface area contributed by atoms with Gasteiger partial charge in [-0.1, -0.05) is 6.42 Å². The van der Waals surface area contributed by atoms with Gasteiger partial charge in [-0.15, -0.1) is 0 Å². The lowest BCUT2D eigenvalue weighted by Gasteiger charge is -2.41. The Kier molecular flexibility index (Phi) is 6.83. The average molecular weight is 390 g/mol. The van der Waals surface area contributed by atoms with Crippen LogP contribution in [0.25, 0.3) is 0 Å². The number of fused-ring (bicyclic) bond motifs is 1. The number of nitrogens with one attached hydrogen (secondary N) is 1. The molecule has 0 unspecified atom stereocenters. The second kappa shape index (κ2) is 9.14. The van der Waals surface area contributed by atoms with E-state index in [4.69, 9.17) is 9.47 Å². The third-order valence-corrected chi connectivity index (χ3v) is 6.09. The van der Waals surface area contributed by atoms with E-state index in [-0.39, 0.29) is 11.4 Å². The zero-order chi connectivity index (χ0) is 20.1. The number of piperidine rings is 1. The first-order chi connectivity index (χ1) is 13.4. The van der Waals surface area contributed by atoms with Crippen molar-refractivity contribution < 1.29 is 14.3 Å². The van der Waals surface area contributed by atoms with Gasteiger partial charge in [0.15, 0.2) is 11.5 Å². The molecule has 156 valence electrons. The van der Waals surface area contributed by atoms with Crippen molar-refractivity contribution in [2.24, 2.45) is 0 Å². The van der Waals surface area contributed by atoms with Crippen molar-refractivity contribution in [1.29, 1.82) is 0 Å². The highest BCUT2D eigenvalue weighted by atomic mass is 16.5. The van der Waals surface area contributed by atoms with Crippen LogP contribution < -0.4 is 14.8 Å². The molecule has 0 saturated carbocycles. The monoisotopic (exact) mass is 389 g/mol. The number of amides is 1. The zero-order valence-corrected chi connectivity index (χ0v) is 17.8. The Bertz CT molecular complexity index is 684. The summed E-state index contributed by atoms with van der Waals surface area (Å²) in [6, 6.07) is 4.10. The first-order valence-electron chi connectivity index (χ1n) is 10.4. The molecule has 0 bridgehead atoms. The molecule has 1 aromatic rings. The van der Waals surface area contributed by atoms with Gasteiger partial charge in [0.25, 0.3) is 0 Å². The van der Waals surface area contributed by atoms with Gasteiger partial charge in [0.05, 0.1) is 20.8 Å².